The van der Waals surface area contributed by atoms with Gasteiger partial charge in [0.15, 0.2) is 11.5 Å². The van der Waals surface area contributed by atoms with Gasteiger partial charge in [0.1, 0.15) is 5.82 Å². The van der Waals surface area contributed by atoms with Crippen molar-refractivity contribution in [3.8, 4) is 5.82 Å². The minimum absolute atomic E-state index is 0.00837. The molecule has 1 aliphatic heterocycles. The Balaban J connectivity index is 1.72. The number of nitrogens with two attached hydrogens (primary N) is 1. The van der Waals surface area contributed by atoms with Crippen LogP contribution >= 0.6 is 0 Å². The highest BCUT2D eigenvalue weighted by molar-refractivity contribution is 5.83. The van der Waals surface area contributed by atoms with E-state index in [1.54, 1.807) is 6.20 Å². The van der Waals surface area contributed by atoms with Gasteiger partial charge in [0.05, 0.1) is 31.6 Å². The molecule has 0 aromatic carbocycles. The molecule has 3 aromatic heterocycles. The lowest BCUT2D eigenvalue weighted by atomic mass is 9.69. The van der Waals surface area contributed by atoms with Crippen LogP contribution in [0.25, 0.3) is 16.9 Å². The van der Waals surface area contributed by atoms with Gasteiger partial charge >= 0.3 is 0 Å². The van der Waals surface area contributed by atoms with Gasteiger partial charge < -0.3 is 15.4 Å². The summed E-state index contributed by atoms with van der Waals surface area (Å²) in [6.07, 6.45) is 9.65. The summed E-state index contributed by atoms with van der Waals surface area (Å²) in [6, 6.07) is 4.48. The number of hydrogen-bond donors (Lipinski definition) is 2. The van der Waals surface area contributed by atoms with Crippen molar-refractivity contribution < 1.29 is 4.74 Å². The summed E-state index contributed by atoms with van der Waals surface area (Å²) in [5.74, 6) is 1.80. The number of morpholine rings is 1. The first-order valence-electron chi connectivity index (χ1n) is 10.7. The molecule has 0 bridgehead atoms. The topological polar surface area (TPSA) is 97.9 Å². The first-order chi connectivity index (χ1) is 14.2. The number of nitrogens with one attached hydrogen (secondary N) is 1. The normalized spacial score (nSPS) is 22.3. The number of nitrogens with zero attached hydrogens (tertiary/aromatic N) is 5. The summed E-state index contributed by atoms with van der Waals surface area (Å²) in [4.78, 5) is 7.42. The molecule has 0 unspecified atom stereocenters. The molecule has 29 heavy (non-hydrogen) atoms. The molecule has 3 aromatic rings. The van der Waals surface area contributed by atoms with Gasteiger partial charge in [-0.3, -0.25) is 5.10 Å². The van der Waals surface area contributed by atoms with Crippen LogP contribution in [0.5, 0.6) is 0 Å². The molecule has 2 aliphatic rings. The molecule has 5 rings (SSSR count). The lowest BCUT2D eigenvalue weighted by molar-refractivity contribution is 0.0985. The predicted octanol–water partition coefficient (Wildman–Crippen LogP) is 2.53. The monoisotopic (exact) mass is 395 g/mol. The molecule has 0 spiro atoms. The van der Waals surface area contributed by atoms with Gasteiger partial charge in [-0.2, -0.15) is 14.9 Å². The van der Waals surface area contributed by atoms with Crippen LogP contribution in [0.1, 0.15) is 44.6 Å². The summed E-state index contributed by atoms with van der Waals surface area (Å²) in [5.41, 5.74) is 8.57. The Morgan fingerprint density at radius 3 is 2.90 bits per heavy atom. The van der Waals surface area contributed by atoms with E-state index in [1.165, 1.54) is 24.8 Å². The van der Waals surface area contributed by atoms with Crippen LogP contribution in [0.15, 0.2) is 24.5 Å². The van der Waals surface area contributed by atoms with E-state index < -0.39 is 0 Å². The fraction of sp³-hybridized carbons (Fsp3) is 0.571. The third-order valence-corrected chi connectivity index (χ3v) is 6.68. The van der Waals surface area contributed by atoms with Gasteiger partial charge in [-0.15, -0.1) is 0 Å². The number of fused-ring (bicyclic) bond motifs is 1. The number of rotatable bonds is 4. The van der Waals surface area contributed by atoms with Crippen LogP contribution < -0.4 is 10.6 Å². The van der Waals surface area contributed by atoms with Crippen LogP contribution in [-0.4, -0.2) is 57.3 Å². The Labute approximate surface area is 170 Å². The molecular formula is C21H29N7O. The van der Waals surface area contributed by atoms with Crippen molar-refractivity contribution >= 4 is 16.9 Å². The van der Waals surface area contributed by atoms with Crippen molar-refractivity contribution in [3.63, 3.8) is 0 Å². The summed E-state index contributed by atoms with van der Waals surface area (Å²) < 4.78 is 7.51. The van der Waals surface area contributed by atoms with Crippen LogP contribution in [0, 0.1) is 0 Å². The van der Waals surface area contributed by atoms with E-state index in [9.17, 15) is 0 Å². The minimum Gasteiger partial charge on any atom is -0.377 e. The van der Waals surface area contributed by atoms with Gasteiger partial charge in [-0.25, -0.2) is 4.98 Å². The Hall–Kier alpha value is -2.45. The Kier molecular flexibility index (Phi) is 4.75. The zero-order valence-electron chi connectivity index (χ0n) is 17.0. The highest BCUT2D eigenvalue weighted by Gasteiger charge is 2.36. The van der Waals surface area contributed by atoms with E-state index in [0.717, 1.165) is 55.3 Å². The maximum Gasteiger partial charge on any atom is 0.167 e. The third kappa shape index (κ3) is 3.11. The molecule has 3 N–H and O–H groups in total. The number of aromatic amines is 1. The summed E-state index contributed by atoms with van der Waals surface area (Å²) in [6.45, 7) is 5.13. The molecule has 0 radical (unpaired) electrons. The second-order valence-corrected chi connectivity index (χ2v) is 8.43. The molecule has 8 heteroatoms. The first kappa shape index (κ1) is 18.6. The predicted molar refractivity (Wildman–Crippen MR) is 112 cm³/mol. The van der Waals surface area contributed by atoms with E-state index in [0.29, 0.717) is 6.54 Å². The second-order valence-electron chi connectivity index (χ2n) is 8.43. The van der Waals surface area contributed by atoms with Crippen molar-refractivity contribution in [3.05, 3.63) is 30.1 Å². The van der Waals surface area contributed by atoms with Crippen molar-refractivity contribution in [1.29, 1.82) is 0 Å². The molecule has 1 aliphatic carbocycles. The van der Waals surface area contributed by atoms with Gasteiger partial charge in [0, 0.05) is 30.0 Å². The second kappa shape index (κ2) is 7.42. The summed E-state index contributed by atoms with van der Waals surface area (Å²) >= 11 is 0. The average molecular weight is 396 g/mol. The van der Waals surface area contributed by atoms with Crippen LogP contribution in [0.2, 0.25) is 0 Å². The van der Waals surface area contributed by atoms with Crippen molar-refractivity contribution in [2.24, 2.45) is 5.73 Å². The van der Waals surface area contributed by atoms with E-state index in [-0.39, 0.29) is 11.5 Å². The van der Waals surface area contributed by atoms with E-state index in [4.69, 9.17) is 15.5 Å². The van der Waals surface area contributed by atoms with Crippen LogP contribution in [0.4, 0.5) is 5.82 Å². The van der Waals surface area contributed by atoms with Crippen molar-refractivity contribution in [1.82, 2.24) is 25.0 Å². The molecule has 1 saturated carbocycles. The lowest BCUT2D eigenvalue weighted by Crippen LogP contribution is -2.44. The lowest BCUT2D eigenvalue weighted by Gasteiger charge is -2.39. The Bertz CT molecular complexity index is 974. The SMILES string of the molecule is C[C@@H]1COCCN1c1cc(C2(CN)CCCCC2)c2cnn(-c3ccn[nH]3)c2n1. The van der Waals surface area contributed by atoms with Gasteiger partial charge in [0.2, 0.25) is 0 Å². The third-order valence-electron chi connectivity index (χ3n) is 6.68. The fourth-order valence-corrected chi connectivity index (χ4v) is 5.00. The molecule has 8 nitrogen and oxygen atoms in total. The maximum absolute atomic E-state index is 6.42. The fourth-order valence-electron chi connectivity index (χ4n) is 5.00. The van der Waals surface area contributed by atoms with E-state index in [2.05, 4.69) is 33.2 Å². The zero-order valence-corrected chi connectivity index (χ0v) is 17.0. The van der Waals surface area contributed by atoms with Crippen molar-refractivity contribution in [2.75, 3.05) is 31.2 Å². The molecule has 0 amide bonds. The largest absolute Gasteiger partial charge is 0.377 e. The highest BCUT2D eigenvalue weighted by Crippen LogP contribution is 2.43. The van der Waals surface area contributed by atoms with Gasteiger partial charge in [-0.1, -0.05) is 19.3 Å². The minimum atomic E-state index is -0.00837. The number of H-pyrrole nitrogens is 1. The molecular weight excluding hydrogens is 366 g/mol. The number of ether oxygens (including phenoxy) is 1. The first-order valence-corrected chi connectivity index (χ1v) is 10.7. The Morgan fingerprint density at radius 2 is 2.17 bits per heavy atom. The zero-order chi connectivity index (χ0) is 19.8. The maximum atomic E-state index is 6.42. The number of pyridine rings is 1. The van der Waals surface area contributed by atoms with Crippen LogP contribution in [-0.2, 0) is 10.2 Å². The molecule has 154 valence electrons. The Morgan fingerprint density at radius 1 is 1.31 bits per heavy atom. The van der Waals surface area contributed by atoms with Crippen LogP contribution in [0.3, 0.4) is 0 Å². The van der Waals surface area contributed by atoms with E-state index in [1.807, 2.05) is 16.9 Å². The van der Waals surface area contributed by atoms with Gasteiger partial charge in [0.25, 0.3) is 0 Å². The summed E-state index contributed by atoms with van der Waals surface area (Å²) in [5, 5.41) is 12.9. The molecule has 1 saturated heterocycles. The highest BCUT2D eigenvalue weighted by atomic mass is 16.5. The number of hydrogen-bond acceptors (Lipinski definition) is 6. The average Bonchev–Trinajstić information content (AvgIpc) is 3.43. The molecule has 2 fully saturated rings. The number of anilines is 1. The van der Waals surface area contributed by atoms with E-state index >= 15 is 0 Å². The quantitative estimate of drug-likeness (QED) is 0.704. The smallest absolute Gasteiger partial charge is 0.167 e. The number of aromatic nitrogens is 5. The summed E-state index contributed by atoms with van der Waals surface area (Å²) in [7, 11) is 0. The van der Waals surface area contributed by atoms with Crippen molar-refractivity contribution in [2.45, 2.75) is 50.5 Å². The molecule has 1 atom stereocenters. The van der Waals surface area contributed by atoms with Gasteiger partial charge in [-0.05, 0) is 31.4 Å². The standard InChI is InChI=1S/C21H29N7O/c1-15-13-29-10-9-27(15)19-11-17(21(14-22)6-3-2-4-7-21)16-12-24-28(20(16)25-19)18-5-8-23-26-18/h5,8,11-12,15H,2-4,6-7,9-10,13-14,22H2,1H3,(H,23,26)/t15-/m1/s1. The molecule has 4 heterocycles.